The van der Waals surface area contributed by atoms with Crippen LogP contribution in [0.4, 0.5) is 0 Å². The Bertz CT molecular complexity index is 3120. The van der Waals surface area contributed by atoms with Crippen molar-refractivity contribution in [1.29, 1.82) is 0 Å². The van der Waals surface area contributed by atoms with Crippen LogP contribution < -0.4 is 0 Å². The van der Waals surface area contributed by atoms with E-state index in [0.29, 0.717) is 0 Å². The van der Waals surface area contributed by atoms with Crippen LogP contribution in [0.3, 0.4) is 0 Å². The van der Waals surface area contributed by atoms with Crippen molar-refractivity contribution in [3.05, 3.63) is 205 Å². The normalized spacial score (nSPS) is 13.0. The van der Waals surface area contributed by atoms with Crippen LogP contribution in [0.25, 0.3) is 94.2 Å². The van der Waals surface area contributed by atoms with Gasteiger partial charge in [0.25, 0.3) is 0 Å². The third-order valence-corrected chi connectivity index (χ3v) is 12.0. The number of aromatic nitrogens is 2. The van der Waals surface area contributed by atoms with E-state index < -0.39 is 0 Å². The lowest BCUT2D eigenvalue weighted by Gasteiger charge is -2.24. The molecule has 2 heteroatoms. The van der Waals surface area contributed by atoms with Crippen molar-refractivity contribution in [1.82, 2.24) is 9.38 Å². The van der Waals surface area contributed by atoms with Gasteiger partial charge in [0.1, 0.15) is 5.65 Å². The van der Waals surface area contributed by atoms with Crippen LogP contribution in [0.1, 0.15) is 25.0 Å². The molecule has 10 aromatic rings. The fourth-order valence-corrected chi connectivity index (χ4v) is 9.32. The molecule has 0 aliphatic heterocycles. The minimum atomic E-state index is -0.110. The Balaban J connectivity index is 1.15. The number of hydrogen-bond donors (Lipinski definition) is 0. The summed E-state index contributed by atoms with van der Waals surface area (Å²) in [5.41, 5.74) is 18.0. The largest absolute Gasteiger partial charge is 0.299 e. The first-order chi connectivity index (χ1) is 27.5. The van der Waals surface area contributed by atoms with Crippen molar-refractivity contribution in [2.45, 2.75) is 19.3 Å². The molecule has 0 fully saturated rings. The molecule has 0 spiro atoms. The van der Waals surface area contributed by atoms with Gasteiger partial charge in [-0.3, -0.25) is 4.40 Å². The van der Waals surface area contributed by atoms with E-state index in [1.165, 1.54) is 77.2 Å². The van der Waals surface area contributed by atoms with Gasteiger partial charge in [-0.15, -0.1) is 0 Å². The number of imidazole rings is 1. The zero-order chi connectivity index (χ0) is 37.4. The molecule has 56 heavy (non-hydrogen) atoms. The van der Waals surface area contributed by atoms with E-state index in [4.69, 9.17) is 4.98 Å². The smallest absolute Gasteiger partial charge is 0.137 e. The number of hydrogen-bond acceptors (Lipinski definition) is 1. The second kappa shape index (κ2) is 12.5. The summed E-state index contributed by atoms with van der Waals surface area (Å²) < 4.78 is 2.19. The van der Waals surface area contributed by atoms with Gasteiger partial charge in [0.2, 0.25) is 0 Å². The summed E-state index contributed by atoms with van der Waals surface area (Å²) in [5.74, 6) is 0. The van der Waals surface area contributed by atoms with Crippen LogP contribution in [0, 0.1) is 0 Å². The van der Waals surface area contributed by atoms with Crippen LogP contribution in [-0.4, -0.2) is 9.38 Å². The van der Waals surface area contributed by atoms with Crippen molar-refractivity contribution in [3.63, 3.8) is 0 Å². The van der Waals surface area contributed by atoms with Crippen LogP contribution in [0.5, 0.6) is 0 Å². The fourth-order valence-electron chi connectivity index (χ4n) is 9.32. The van der Waals surface area contributed by atoms with Gasteiger partial charge in [0, 0.05) is 22.7 Å². The molecule has 1 aliphatic carbocycles. The molecule has 2 nitrogen and oxygen atoms in total. The molecule has 0 atom stereocenters. The lowest BCUT2D eigenvalue weighted by atomic mass is 9.79. The van der Waals surface area contributed by atoms with E-state index in [2.05, 4.69) is 206 Å². The van der Waals surface area contributed by atoms with E-state index >= 15 is 0 Å². The Morgan fingerprint density at radius 2 is 0.946 bits per heavy atom. The molecule has 0 unspecified atom stereocenters. The summed E-state index contributed by atoms with van der Waals surface area (Å²) in [5, 5.41) is 5.08. The highest BCUT2D eigenvalue weighted by Crippen LogP contribution is 2.53. The minimum Gasteiger partial charge on any atom is -0.299 e. The molecule has 2 aromatic heterocycles. The summed E-state index contributed by atoms with van der Waals surface area (Å²) in [6.45, 7) is 4.75. The zero-order valence-electron chi connectivity index (χ0n) is 31.4. The van der Waals surface area contributed by atoms with Crippen molar-refractivity contribution in [3.8, 4) is 67.0 Å². The van der Waals surface area contributed by atoms with E-state index in [0.717, 1.165) is 28.2 Å². The monoisotopic (exact) mass is 714 g/mol. The first-order valence-electron chi connectivity index (χ1n) is 19.5. The molecule has 8 aromatic carbocycles. The van der Waals surface area contributed by atoms with E-state index in [1.807, 2.05) is 6.07 Å². The fraction of sp³-hybridized carbons (Fsp3) is 0.0556. The standard InChI is InChI=1S/C54H38N2/c1-54(2)47-23-13-12-22-41(47)43-33-45-46(34-48(43)54)51(37-18-8-4-9-19-37)44-32-40(29-30-42(44)50(45)36-16-6-3-7-17-36)35-25-27-38(28-26-35)52-53(39-20-10-5-11-21-39)56-31-15-14-24-49(56)55-52/h3-34H,1-2H3. The average molecular weight is 715 g/mol. The third-order valence-electron chi connectivity index (χ3n) is 12.0. The first kappa shape index (κ1) is 32.4. The van der Waals surface area contributed by atoms with Crippen molar-refractivity contribution >= 4 is 27.2 Å². The predicted octanol–water partition coefficient (Wildman–Crippen LogP) is 14.3. The molecule has 0 amide bonds. The number of nitrogens with zero attached hydrogens (tertiary/aromatic N) is 2. The van der Waals surface area contributed by atoms with Crippen LogP contribution in [-0.2, 0) is 5.41 Å². The number of benzene rings is 8. The molecule has 0 saturated carbocycles. The number of rotatable bonds is 5. The van der Waals surface area contributed by atoms with Gasteiger partial charge in [0.05, 0.1) is 11.4 Å². The summed E-state index contributed by atoms with van der Waals surface area (Å²) in [7, 11) is 0. The van der Waals surface area contributed by atoms with Gasteiger partial charge in [-0.05, 0) is 108 Å². The highest BCUT2D eigenvalue weighted by molar-refractivity contribution is 6.23. The quantitative estimate of drug-likeness (QED) is 0.162. The van der Waals surface area contributed by atoms with Gasteiger partial charge < -0.3 is 0 Å². The maximum Gasteiger partial charge on any atom is 0.137 e. The third kappa shape index (κ3) is 4.92. The maximum atomic E-state index is 5.13. The highest BCUT2D eigenvalue weighted by Gasteiger charge is 2.36. The summed E-state index contributed by atoms with van der Waals surface area (Å²) >= 11 is 0. The van der Waals surface area contributed by atoms with Gasteiger partial charge in [-0.1, -0.05) is 172 Å². The molecular formula is C54H38N2. The Morgan fingerprint density at radius 1 is 0.393 bits per heavy atom. The lowest BCUT2D eigenvalue weighted by Crippen LogP contribution is -2.14. The van der Waals surface area contributed by atoms with E-state index in [1.54, 1.807) is 0 Å². The van der Waals surface area contributed by atoms with Crippen LogP contribution >= 0.6 is 0 Å². The second-order valence-electron chi connectivity index (χ2n) is 15.5. The molecule has 2 heterocycles. The minimum absolute atomic E-state index is 0.110. The second-order valence-corrected chi connectivity index (χ2v) is 15.5. The Labute approximate surface area is 327 Å². The van der Waals surface area contributed by atoms with E-state index in [9.17, 15) is 0 Å². The van der Waals surface area contributed by atoms with Gasteiger partial charge in [0.15, 0.2) is 0 Å². The molecule has 0 saturated heterocycles. The van der Waals surface area contributed by atoms with Crippen LogP contribution in [0.15, 0.2) is 194 Å². The van der Waals surface area contributed by atoms with Crippen molar-refractivity contribution in [2.75, 3.05) is 0 Å². The lowest BCUT2D eigenvalue weighted by molar-refractivity contribution is 0.661. The summed E-state index contributed by atoms with van der Waals surface area (Å²) in [6.07, 6.45) is 2.10. The summed E-state index contributed by atoms with van der Waals surface area (Å²) in [4.78, 5) is 5.13. The Hall–Kier alpha value is -7.03. The molecule has 11 rings (SSSR count). The van der Waals surface area contributed by atoms with E-state index in [-0.39, 0.29) is 5.41 Å². The Kier molecular flexibility index (Phi) is 7.24. The maximum absolute atomic E-state index is 5.13. The first-order valence-corrected chi connectivity index (χ1v) is 19.5. The number of fused-ring (bicyclic) bond motifs is 6. The topological polar surface area (TPSA) is 17.3 Å². The average Bonchev–Trinajstić information content (AvgIpc) is 3.75. The predicted molar refractivity (Wildman–Crippen MR) is 235 cm³/mol. The molecular weight excluding hydrogens is 677 g/mol. The Morgan fingerprint density at radius 3 is 1.66 bits per heavy atom. The zero-order valence-corrected chi connectivity index (χ0v) is 31.4. The van der Waals surface area contributed by atoms with Gasteiger partial charge >= 0.3 is 0 Å². The van der Waals surface area contributed by atoms with Crippen molar-refractivity contribution < 1.29 is 0 Å². The SMILES string of the molecule is CC1(C)c2ccccc2-c2cc3c(-c4ccccc4)c4ccc(-c5ccc(-c6nc7ccccn7c6-c6ccccc6)cc5)cc4c(-c4ccccc4)c3cc21. The molecule has 0 radical (unpaired) electrons. The van der Waals surface area contributed by atoms with Gasteiger partial charge in [-0.25, -0.2) is 4.98 Å². The number of pyridine rings is 1. The highest BCUT2D eigenvalue weighted by atomic mass is 15.0. The molecule has 1 aliphatic rings. The summed E-state index contributed by atoms with van der Waals surface area (Å²) in [6, 6.07) is 68.7. The molecule has 264 valence electrons. The van der Waals surface area contributed by atoms with Crippen molar-refractivity contribution in [2.24, 2.45) is 0 Å². The molecule has 0 bridgehead atoms. The molecule has 0 N–H and O–H groups in total. The van der Waals surface area contributed by atoms with Gasteiger partial charge in [-0.2, -0.15) is 0 Å². The van der Waals surface area contributed by atoms with Crippen LogP contribution in [0.2, 0.25) is 0 Å².